The van der Waals surface area contributed by atoms with Gasteiger partial charge in [-0.2, -0.15) is 0 Å². The van der Waals surface area contributed by atoms with E-state index in [1.807, 2.05) is 23.2 Å². The number of hydrogen-bond acceptors (Lipinski definition) is 4. The molecule has 2 aromatic rings. The van der Waals surface area contributed by atoms with Crippen LogP contribution in [-0.2, 0) is 17.6 Å². The van der Waals surface area contributed by atoms with Gasteiger partial charge < -0.3 is 14.4 Å². The van der Waals surface area contributed by atoms with Crippen molar-refractivity contribution in [2.45, 2.75) is 32.6 Å². The Morgan fingerprint density at radius 1 is 1.19 bits per heavy atom. The van der Waals surface area contributed by atoms with Crippen LogP contribution in [0.3, 0.4) is 0 Å². The van der Waals surface area contributed by atoms with Crippen molar-refractivity contribution < 1.29 is 14.3 Å². The zero-order valence-electron chi connectivity index (χ0n) is 15.1. The van der Waals surface area contributed by atoms with Crippen molar-refractivity contribution in [1.29, 1.82) is 0 Å². The fourth-order valence-corrected chi connectivity index (χ4v) is 3.90. The molecule has 0 bridgehead atoms. The van der Waals surface area contributed by atoms with Gasteiger partial charge in [-0.15, -0.1) is 0 Å². The van der Waals surface area contributed by atoms with Crippen molar-refractivity contribution in [2.75, 3.05) is 19.9 Å². The summed E-state index contributed by atoms with van der Waals surface area (Å²) in [6, 6.07) is 10.2. The highest BCUT2D eigenvalue weighted by atomic mass is 16.7. The Kier molecular flexibility index (Phi) is 4.53. The molecule has 2 aliphatic rings. The quantitative estimate of drug-likeness (QED) is 0.829. The molecule has 4 rings (SSSR count). The van der Waals surface area contributed by atoms with Crippen LogP contribution in [0.4, 0.5) is 0 Å². The zero-order chi connectivity index (χ0) is 18.0. The molecule has 3 heterocycles. The van der Waals surface area contributed by atoms with Crippen LogP contribution >= 0.6 is 0 Å². The van der Waals surface area contributed by atoms with Crippen LogP contribution in [0.15, 0.2) is 42.7 Å². The van der Waals surface area contributed by atoms with Crippen LogP contribution in [0.1, 0.15) is 30.9 Å². The van der Waals surface area contributed by atoms with Gasteiger partial charge >= 0.3 is 0 Å². The number of hydrogen-bond donors (Lipinski definition) is 0. The third-order valence-electron chi connectivity index (χ3n) is 5.33. The summed E-state index contributed by atoms with van der Waals surface area (Å²) in [5.74, 6) is 1.90. The van der Waals surface area contributed by atoms with Crippen molar-refractivity contribution in [2.24, 2.45) is 5.41 Å². The topological polar surface area (TPSA) is 51.7 Å². The zero-order valence-corrected chi connectivity index (χ0v) is 15.1. The van der Waals surface area contributed by atoms with Gasteiger partial charge in [-0.25, -0.2) is 0 Å². The van der Waals surface area contributed by atoms with Crippen molar-refractivity contribution >= 4 is 5.91 Å². The molecule has 1 aromatic carbocycles. The number of carbonyl (C=O) groups is 1. The van der Waals surface area contributed by atoms with Gasteiger partial charge in [-0.1, -0.05) is 19.1 Å². The Bertz CT molecular complexity index is 793. The maximum Gasteiger partial charge on any atom is 0.231 e. The van der Waals surface area contributed by atoms with E-state index in [2.05, 4.69) is 30.1 Å². The molecule has 1 atom stereocenters. The second-order valence-corrected chi connectivity index (χ2v) is 7.60. The molecule has 1 amide bonds. The number of piperidine rings is 1. The lowest BCUT2D eigenvalue weighted by atomic mass is 9.76. The Hall–Kier alpha value is -2.56. The number of ether oxygens (including phenoxy) is 2. The summed E-state index contributed by atoms with van der Waals surface area (Å²) in [7, 11) is 0. The molecule has 0 aliphatic carbocycles. The van der Waals surface area contributed by atoms with E-state index in [9.17, 15) is 4.79 Å². The molecule has 0 saturated carbocycles. The summed E-state index contributed by atoms with van der Waals surface area (Å²) >= 11 is 0. The molecule has 5 nitrogen and oxygen atoms in total. The van der Waals surface area contributed by atoms with Gasteiger partial charge in [-0.05, 0) is 54.0 Å². The summed E-state index contributed by atoms with van der Waals surface area (Å²) in [5, 5.41) is 0. The molecule has 1 aromatic heterocycles. The van der Waals surface area contributed by atoms with E-state index in [4.69, 9.17) is 9.47 Å². The van der Waals surface area contributed by atoms with Crippen molar-refractivity contribution in [3.8, 4) is 11.5 Å². The lowest BCUT2D eigenvalue weighted by molar-refractivity contribution is -0.137. The fraction of sp³-hybridized carbons (Fsp3) is 0.429. The number of rotatable bonds is 5. The molecule has 5 heteroatoms. The first-order valence-corrected chi connectivity index (χ1v) is 9.17. The van der Waals surface area contributed by atoms with Crippen molar-refractivity contribution in [3.63, 3.8) is 0 Å². The average Bonchev–Trinajstić information content (AvgIpc) is 3.11. The average molecular weight is 352 g/mol. The van der Waals surface area contributed by atoms with E-state index < -0.39 is 0 Å². The maximum atomic E-state index is 12.4. The second-order valence-electron chi connectivity index (χ2n) is 7.60. The number of nitrogens with zero attached hydrogens (tertiary/aromatic N) is 2. The van der Waals surface area contributed by atoms with Crippen LogP contribution < -0.4 is 9.47 Å². The SMILES string of the molecule is C[C@]1(Cc2ccc3c(c2)OCO3)CCC(=O)N(CCc2cccnc2)C1. The monoisotopic (exact) mass is 352 g/mol. The van der Waals surface area contributed by atoms with Gasteiger partial charge in [0.05, 0.1) is 0 Å². The minimum atomic E-state index is 0.0799. The summed E-state index contributed by atoms with van der Waals surface area (Å²) in [6.07, 6.45) is 6.97. The highest BCUT2D eigenvalue weighted by molar-refractivity contribution is 5.77. The molecule has 0 spiro atoms. The lowest BCUT2D eigenvalue weighted by Crippen LogP contribution is -2.46. The Balaban J connectivity index is 1.42. The van der Waals surface area contributed by atoms with Gasteiger partial charge in [0.15, 0.2) is 11.5 Å². The van der Waals surface area contributed by atoms with Gasteiger partial charge in [-0.3, -0.25) is 9.78 Å². The number of benzene rings is 1. The fourth-order valence-electron chi connectivity index (χ4n) is 3.90. The van der Waals surface area contributed by atoms with E-state index in [0.717, 1.165) is 43.9 Å². The van der Waals surface area contributed by atoms with E-state index >= 15 is 0 Å². The van der Waals surface area contributed by atoms with Crippen LogP contribution in [0.25, 0.3) is 0 Å². The molecule has 0 unspecified atom stereocenters. The maximum absolute atomic E-state index is 12.4. The third-order valence-corrected chi connectivity index (χ3v) is 5.33. The number of carbonyl (C=O) groups excluding carboxylic acids is 1. The first kappa shape index (κ1) is 16.9. The molecule has 0 radical (unpaired) electrons. The molecule has 1 saturated heterocycles. The van der Waals surface area contributed by atoms with Gasteiger partial charge in [0.1, 0.15) is 0 Å². The first-order valence-electron chi connectivity index (χ1n) is 9.17. The summed E-state index contributed by atoms with van der Waals surface area (Å²) < 4.78 is 10.9. The van der Waals surface area contributed by atoms with E-state index in [-0.39, 0.29) is 11.3 Å². The van der Waals surface area contributed by atoms with Gasteiger partial charge in [0.25, 0.3) is 0 Å². The largest absolute Gasteiger partial charge is 0.454 e. The minimum Gasteiger partial charge on any atom is -0.454 e. The second kappa shape index (κ2) is 6.98. The van der Waals surface area contributed by atoms with Crippen LogP contribution in [0, 0.1) is 5.41 Å². The smallest absolute Gasteiger partial charge is 0.231 e. The summed E-state index contributed by atoms with van der Waals surface area (Å²) in [5.41, 5.74) is 2.48. The summed E-state index contributed by atoms with van der Waals surface area (Å²) in [4.78, 5) is 18.6. The molecule has 136 valence electrons. The standard InChI is InChI=1S/C21H24N2O3/c1-21(12-17-4-5-18-19(11-17)26-15-25-18)8-6-20(24)23(14-21)10-7-16-3-2-9-22-13-16/h2-5,9,11,13H,6-8,10,12,14-15H2,1H3/t21-/m1/s1. The molecular weight excluding hydrogens is 328 g/mol. The van der Waals surface area contributed by atoms with Crippen LogP contribution in [0.5, 0.6) is 11.5 Å². The van der Waals surface area contributed by atoms with Gasteiger partial charge in [0.2, 0.25) is 12.7 Å². The number of aromatic nitrogens is 1. The molecule has 1 fully saturated rings. The minimum absolute atomic E-state index is 0.0799. The van der Waals surface area contributed by atoms with Gasteiger partial charge in [0, 0.05) is 31.9 Å². The number of likely N-dealkylation sites (tertiary alicyclic amines) is 1. The first-order chi connectivity index (χ1) is 12.6. The number of pyridine rings is 1. The summed E-state index contributed by atoms with van der Waals surface area (Å²) in [6.45, 7) is 4.12. The normalized spacial score (nSPS) is 21.9. The molecule has 0 N–H and O–H groups in total. The van der Waals surface area contributed by atoms with Crippen molar-refractivity contribution in [1.82, 2.24) is 9.88 Å². The highest BCUT2D eigenvalue weighted by Crippen LogP contribution is 2.37. The third kappa shape index (κ3) is 3.66. The molecular formula is C21H24N2O3. The highest BCUT2D eigenvalue weighted by Gasteiger charge is 2.35. The molecule has 26 heavy (non-hydrogen) atoms. The lowest BCUT2D eigenvalue weighted by Gasteiger charge is -2.40. The van der Waals surface area contributed by atoms with E-state index in [1.165, 1.54) is 11.1 Å². The van der Waals surface area contributed by atoms with Crippen molar-refractivity contribution in [3.05, 3.63) is 53.9 Å². The number of amides is 1. The molecule has 2 aliphatic heterocycles. The Labute approximate surface area is 153 Å². The Morgan fingerprint density at radius 2 is 2.08 bits per heavy atom. The number of fused-ring (bicyclic) bond motifs is 1. The van der Waals surface area contributed by atoms with Crippen LogP contribution in [0.2, 0.25) is 0 Å². The predicted molar refractivity (Wildman–Crippen MR) is 98.1 cm³/mol. The Morgan fingerprint density at radius 3 is 2.92 bits per heavy atom. The van der Waals surface area contributed by atoms with E-state index in [1.54, 1.807) is 6.20 Å². The van der Waals surface area contributed by atoms with Crippen LogP contribution in [-0.4, -0.2) is 35.7 Å². The van der Waals surface area contributed by atoms with E-state index in [0.29, 0.717) is 13.2 Å². The predicted octanol–water partition coefficient (Wildman–Crippen LogP) is 3.22.